The SMILES string of the molecule is COC(=O)CC(c1oc(CN2CCc3ccccc3C2)cc(=O)c1O)c1coc2ccccc2c1=O. The Labute approximate surface area is 206 Å². The van der Waals surface area contributed by atoms with Crippen molar-refractivity contribution in [2.75, 3.05) is 13.7 Å². The number of ether oxygens (including phenoxy) is 1. The zero-order valence-corrected chi connectivity index (χ0v) is 19.7. The largest absolute Gasteiger partial charge is 0.502 e. The number of carbonyl (C=O) groups excluding carboxylic acids is 1. The van der Waals surface area contributed by atoms with Gasteiger partial charge in [0.1, 0.15) is 11.3 Å². The normalized spacial score (nSPS) is 14.4. The van der Waals surface area contributed by atoms with Crippen molar-refractivity contribution in [1.82, 2.24) is 4.90 Å². The lowest BCUT2D eigenvalue weighted by atomic mass is 9.92. The molecule has 184 valence electrons. The van der Waals surface area contributed by atoms with Crippen LogP contribution in [0, 0.1) is 0 Å². The number of rotatable bonds is 6. The van der Waals surface area contributed by atoms with Crippen LogP contribution in [0.1, 0.15) is 40.5 Å². The molecule has 1 unspecified atom stereocenters. The molecule has 0 amide bonds. The first-order valence-corrected chi connectivity index (χ1v) is 11.7. The number of carbonyl (C=O) groups is 1. The monoisotopic (exact) mass is 487 g/mol. The smallest absolute Gasteiger partial charge is 0.306 e. The molecule has 1 atom stereocenters. The van der Waals surface area contributed by atoms with Crippen LogP contribution in [-0.2, 0) is 29.0 Å². The molecule has 1 aliphatic heterocycles. The van der Waals surface area contributed by atoms with Crippen LogP contribution in [0.25, 0.3) is 11.0 Å². The molecule has 1 aliphatic rings. The molecule has 8 heteroatoms. The summed E-state index contributed by atoms with van der Waals surface area (Å²) in [6.07, 6.45) is 1.79. The summed E-state index contributed by atoms with van der Waals surface area (Å²) >= 11 is 0. The molecule has 0 saturated heterocycles. The molecule has 0 bridgehead atoms. The Morgan fingerprint density at radius 1 is 1.11 bits per heavy atom. The topological polar surface area (TPSA) is 110 Å². The van der Waals surface area contributed by atoms with Gasteiger partial charge in [-0.1, -0.05) is 36.4 Å². The van der Waals surface area contributed by atoms with E-state index in [1.807, 2.05) is 12.1 Å². The third-order valence-electron chi connectivity index (χ3n) is 6.59. The zero-order valence-electron chi connectivity index (χ0n) is 19.7. The third kappa shape index (κ3) is 4.55. The molecular formula is C28H25NO7. The van der Waals surface area contributed by atoms with Gasteiger partial charge in [-0.05, 0) is 29.7 Å². The highest BCUT2D eigenvalue weighted by molar-refractivity contribution is 5.77. The van der Waals surface area contributed by atoms with Crippen LogP contribution in [0.4, 0.5) is 0 Å². The van der Waals surface area contributed by atoms with Crippen molar-refractivity contribution in [3.05, 3.63) is 110 Å². The molecule has 4 aromatic rings. The van der Waals surface area contributed by atoms with Crippen LogP contribution in [0.5, 0.6) is 5.75 Å². The summed E-state index contributed by atoms with van der Waals surface area (Å²) < 4.78 is 16.5. The summed E-state index contributed by atoms with van der Waals surface area (Å²) in [5.74, 6) is -2.19. The molecule has 1 N–H and O–H groups in total. The maximum atomic E-state index is 13.3. The van der Waals surface area contributed by atoms with E-state index in [-0.39, 0.29) is 23.2 Å². The van der Waals surface area contributed by atoms with Gasteiger partial charge in [-0.25, -0.2) is 0 Å². The van der Waals surface area contributed by atoms with E-state index < -0.39 is 23.1 Å². The standard InChI is InChI=1S/C28H25NO7/c1-34-25(31)13-21(22-16-35-24-9-5-4-8-20(24)26(22)32)28-27(33)23(30)12-19(36-28)15-29-11-10-17-6-2-3-7-18(17)14-29/h2-9,12,16,21,33H,10-11,13-15H2,1H3. The third-order valence-corrected chi connectivity index (χ3v) is 6.59. The fourth-order valence-electron chi connectivity index (χ4n) is 4.71. The Kier molecular flexibility index (Phi) is 6.43. The quantitative estimate of drug-likeness (QED) is 0.410. The Morgan fingerprint density at radius 3 is 2.67 bits per heavy atom. The number of nitrogens with zero attached hydrogens (tertiary/aromatic N) is 1. The van der Waals surface area contributed by atoms with Gasteiger partial charge in [-0.2, -0.15) is 0 Å². The number of aromatic hydroxyl groups is 1. The fraction of sp³-hybridized carbons (Fsp3) is 0.250. The van der Waals surface area contributed by atoms with Crippen LogP contribution in [0.3, 0.4) is 0 Å². The number of fused-ring (bicyclic) bond motifs is 2. The summed E-state index contributed by atoms with van der Waals surface area (Å²) in [5, 5.41) is 11.0. The molecule has 8 nitrogen and oxygen atoms in total. The van der Waals surface area contributed by atoms with Crippen LogP contribution in [0.2, 0.25) is 0 Å². The summed E-state index contributed by atoms with van der Waals surface area (Å²) in [7, 11) is 1.23. The maximum absolute atomic E-state index is 13.3. The van der Waals surface area contributed by atoms with Gasteiger partial charge in [0.25, 0.3) is 0 Å². The molecule has 5 rings (SSSR count). The van der Waals surface area contributed by atoms with Crippen molar-refractivity contribution in [3.8, 4) is 5.75 Å². The van der Waals surface area contributed by atoms with E-state index in [1.165, 1.54) is 30.6 Å². The van der Waals surface area contributed by atoms with Crippen molar-refractivity contribution < 1.29 is 23.5 Å². The molecule has 0 aliphatic carbocycles. The van der Waals surface area contributed by atoms with Crippen molar-refractivity contribution in [1.29, 1.82) is 0 Å². The average Bonchev–Trinajstić information content (AvgIpc) is 2.90. The predicted molar refractivity (Wildman–Crippen MR) is 132 cm³/mol. The average molecular weight is 488 g/mol. The molecule has 2 aromatic carbocycles. The van der Waals surface area contributed by atoms with Crippen LogP contribution in [-0.4, -0.2) is 29.6 Å². The second kappa shape index (κ2) is 9.83. The van der Waals surface area contributed by atoms with Crippen molar-refractivity contribution in [3.63, 3.8) is 0 Å². The molecular weight excluding hydrogens is 462 g/mol. The molecule has 2 aromatic heterocycles. The molecule has 36 heavy (non-hydrogen) atoms. The van der Waals surface area contributed by atoms with Crippen LogP contribution < -0.4 is 10.9 Å². The number of methoxy groups -OCH3 is 1. The van der Waals surface area contributed by atoms with Gasteiger partial charge in [-0.15, -0.1) is 0 Å². The van der Waals surface area contributed by atoms with Crippen LogP contribution >= 0.6 is 0 Å². The minimum absolute atomic E-state index is 0.0848. The Morgan fingerprint density at radius 2 is 1.86 bits per heavy atom. The second-order valence-electron chi connectivity index (χ2n) is 8.87. The van der Waals surface area contributed by atoms with Gasteiger partial charge in [0.2, 0.25) is 11.2 Å². The predicted octanol–water partition coefficient (Wildman–Crippen LogP) is 3.71. The van der Waals surface area contributed by atoms with E-state index in [0.29, 0.717) is 29.8 Å². The fourth-order valence-corrected chi connectivity index (χ4v) is 4.71. The first-order chi connectivity index (χ1) is 17.4. The van der Waals surface area contributed by atoms with Gasteiger partial charge >= 0.3 is 5.97 Å². The first kappa shape index (κ1) is 23.6. The summed E-state index contributed by atoms with van der Waals surface area (Å²) in [5.41, 5.74) is 1.94. The van der Waals surface area contributed by atoms with Crippen molar-refractivity contribution in [2.45, 2.75) is 31.8 Å². The van der Waals surface area contributed by atoms with Crippen LogP contribution in [0.15, 0.2) is 79.3 Å². The van der Waals surface area contributed by atoms with E-state index in [0.717, 1.165) is 13.0 Å². The Balaban J connectivity index is 1.55. The minimum atomic E-state index is -1.08. The van der Waals surface area contributed by atoms with E-state index in [4.69, 9.17) is 13.6 Å². The van der Waals surface area contributed by atoms with Gasteiger partial charge in [-0.3, -0.25) is 19.3 Å². The number of para-hydroxylation sites is 1. The summed E-state index contributed by atoms with van der Waals surface area (Å²) in [4.78, 5) is 40.5. The summed E-state index contributed by atoms with van der Waals surface area (Å²) in [6, 6.07) is 16.2. The summed E-state index contributed by atoms with van der Waals surface area (Å²) in [6.45, 7) is 1.79. The highest BCUT2D eigenvalue weighted by Crippen LogP contribution is 2.33. The minimum Gasteiger partial charge on any atom is -0.502 e. The second-order valence-corrected chi connectivity index (χ2v) is 8.87. The highest BCUT2D eigenvalue weighted by Gasteiger charge is 2.30. The van der Waals surface area contributed by atoms with Crippen molar-refractivity contribution in [2.24, 2.45) is 0 Å². The zero-order chi connectivity index (χ0) is 25.2. The lowest BCUT2D eigenvalue weighted by molar-refractivity contribution is -0.140. The number of esters is 1. The lowest BCUT2D eigenvalue weighted by Gasteiger charge is -2.28. The van der Waals surface area contributed by atoms with Gasteiger partial charge < -0.3 is 18.7 Å². The van der Waals surface area contributed by atoms with Gasteiger partial charge in [0.05, 0.1) is 37.6 Å². The lowest BCUT2D eigenvalue weighted by Crippen LogP contribution is -2.30. The molecule has 0 fully saturated rings. The van der Waals surface area contributed by atoms with Crippen molar-refractivity contribution >= 4 is 16.9 Å². The van der Waals surface area contributed by atoms with E-state index >= 15 is 0 Å². The molecule has 3 heterocycles. The molecule has 0 spiro atoms. The van der Waals surface area contributed by atoms with E-state index in [9.17, 15) is 19.5 Å². The van der Waals surface area contributed by atoms with E-state index in [2.05, 4.69) is 17.0 Å². The Bertz CT molecular complexity index is 1550. The number of hydrogen-bond donors (Lipinski definition) is 1. The Hall–Kier alpha value is -4.17. The van der Waals surface area contributed by atoms with Gasteiger partial charge in [0, 0.05) is 24.7 Å². The molecule has 0 saturated carbocycles. The first-order valence-electron chi connectivity index (χ1n) is 11.7. The maximum Gasteiger partial charge on any atom is 0.306 e. The molecule has 0 radical (unpaired) electrons. The number of hydrogen-bond acceptors (Lipinski definition) is 8. The highest BCUT2D eigenvalue weighted by atomic mass is 16.5. The van der Waals surface area contributed by atoms with Gasteiger partial charge in [0.15, 0.2) is 11.2 Å². The van der Waals surface area contributed by atoms with E-state index in [1.54, 1.807) is 24.3 Å². The number of benzene rings is 2.